The number of ether oxygens (including phenoxy) is 1. The lowest BCUT2D eigenvalue weighted by molar-refractivity contribution is 0.303. The lowest BCUT2D eigenvalue weighted by Crippen LogP contribution is -2.12. The van der Waals surface area contributed by atoms with Crippen molar-refractivity contribution in [1.82, 2.24) is 4.90 Å². The summed E-state index contributed by atoms with van der Waals surface area (Å²) in [5.41, 5.74) is 2.20. The first-order chi connectivity index (χ1) is 11.2. The van der Waals surface area contributed by atoms with Crippen LogP contribution < -0.4 is 4.74 Å². The monoisotopic (exact) mass is 331 g/mol. The van der Waals surface area contributed by atoms with Gasteiger partial charge < -0.3 is 9.64 Å². The van der Waals surface area contributed by atoms with E-state index in [-0.39, 0.29) is 0 Å². The molecular formula is C20H26ClNO. The van der Waals surface area contributed by atoms with Crippen molar-refractivity contribution in [2.75, 3.05) is 27.2 Å². The van der Waals surface area contributed by atoms with Crippen molar-refractivity contribution < 1.29 is 4.74 Å². The fraction of sp³-hybridized carbons (Fsp3) is 0.400. The van der Waals surface area contributed by atoms with Gasteiger partial charge in [0.1, 0.15) is 5.75 Å². The molecule has 0 amide bonds. The van der Waals surface area contributed by atoms with Crippen LogP contribution in [0.1, 0.15) is 25.7 Å². The molecule has 2 nitrogen and oxygen atoms in total. The van der Waals surface area contributed by atoms with Gasteiger partial charge in [-0.2, -0.15) is 0 Å². The molecule has 0 atom stereocenters. The summed E-state index contributed by atoms with van der Waals surface area (Å²) in [5.74, 6) is 0.911. The first-order valence-electron chi connectivity index (χ1n) is 8.29. The maximum atomic E-state index is 6.15. The Morgan fingerprint density at radius 2 is 1.65 bits per heavy atom. The number of halogens is 1. The van der Waals surface area contributed by atoms with Gasteiger partial charge in [0.2, 0.25) is 0 Å². The van der Waals surface area contributed by atoms with Crippen LogP contribution in [0, 0.1) is 0 Å². The van der Waals surface area contributed by atoms with Crippen LogP contribution in [0.5, 0.6) is 5.75 Å². The molecule has 0 aliphatic heterocycles. The average molecular weight is 332 g/mol. The molecule has 0 saturated carbocycles. The SMILES string of the molecule is CN(C)CCCCCCOc1ccc(Cl)cc1-c1ccccc1. The molecule has 0 spiro atoms. The Bertz CT molecular complexity index is 583. The van der Waals surface area contributed by atoms with Crippen LogP contribution in [0.25, 0.3) is 11.1 Å². The minimum Gasteiger partial charge on any atom is -0.493 e. The Hall–Kier alpha value is -1.51. The maximum absolute atomic E-state index is 6.15. The number of hydrogen-bond acceptors (Lipinski definition) is 2. The quantitative estimate of drug-likeness (QED) is 0.562. The van der Waals surface area contributed by atoms with Gasteiger partial charge in [0.05, 0.1) is 6.61 Å². The first-order valence-corrected chi connectivity index (χ1v) is 8.67. The van der Waals surface area contributed by atoms with Crippen molar-refractivity contribution in [2.45, 2.75) is 25.7 Å². The van der Waals surface area contributed by atoms with Gasteiger partial charge in [-0.15, -0.1) is 0 Å². The second-order valence-electron chi connectivity index (χ2n) is 6.07. The van der Waals surface area contributed by atoms with Crippen molar-refractivity contribution in [3.8, 4) is 16.9 Å². The second-order valence-corrected chi connectivity index (χ2v) is 6.51. The summed E-state index contributed by atoms with van der Waals surface area (Å²) in [7, 11) is 4.24. The summed E-state index contributed by atoms with van der Waals surface area (Å²) < 4.78 is 6.01. The number of rotatable bonds is 9. The number of nitrogens with zero attached hydrogens (tertiary/aromatic N) is 1. The van der Waals surface area contributed by atoms with E-state index in [0.717, 1.165) is 41.5 Å². The molecule has 0 radical (unpaired) electrons. The highest BCUT2D eigenvalue weighted by molar-refractivity contribution is 6.31. The van der Waals surface area contributed by atoms with Crippen LogP contribution in [0.2, 0.25) is 5.02 Å². The molecule has 2 aromatic rings. The van der Waals surface area contributed by atoms with Gasteiger partial charge in [0, 0.05) is 10.6 Å². The van der Waals surface area contributed by atoms with Gasteiger partial charge in [-0.3, -0.25) is 0 Å². The van der Waals surface area contributed by atoms with Gasteiger partial charge in [0.15, 0.2) is 0 Å². The number of unbranched alkanes of at least 4 members (excludes halogenated alkanes) is 3. The van der Waals surface area contributed by atoms with Crippen molar-refractivity contribution in [3.63, 3.8) is 0 Å². The van der Waals surface area contributed by atoms with Crippen LogP contribution in [0.15, 0.2) is 48.5 Å². The lowest BCUT2D eigenvalue weighted by Gasteiger charge is -2.13. The molecule has 2 aromatic carbocycles. The standard InChI is InChI=1S/C20H26ClNO/c1-22(2)14-8-3-4-9-15-23-20-13-12-18(21)16-19(20)17-10-6-5-7-11-17/h5-7,10-13,16H,3-4,8-9,14-15H2,1-2H3. The predicted molar refractivity (Wildman–Crippen MR) is 99.4 cm³/mol. The highest BCUT2D eigenvalue weighted by Gasteiger charge is 2.07. The zero-order valence-electron chi connectivity index (χ0n) is 14.1. The normalized spacial score (nSPS) is 11.0. The number of benzene rings is 2. The third kappa shape index (κ3) is 6.25. The van der Waals surface area contributed by atoms with Crippen molar-refractivity contribution >= 4 is 11.6 Å². The molecule has 0 aliphatic carbocycles. The molecule has 0 bridgehead atoms. The molecule has 0 aromatic heterocycles. The van der Waals surface area contributed by atoms with E-state index in [1.54, 1.807) is 0 Å². The zero-order valence-corrected chi connectivity index (χ0v) is 14.9. The van der Waals surface area contributed by atoms with Crippen LogP contribution >= 0.6 is 11.6 Å². The predicted octanol–water partition coefficient (Wildman–Crippen LogP) is 5.51. The molecule has 0 saturated heterocycles. The molecule has 0 N–H and O–H groups in total. The van der Waals surface area contributed by atoms with E-state index in [1.807, 2.05) is 36.4 Å². The molecule has 0 heterocycles. The first kappa shape index (κ1) is 17.8. The summed E-state index contributed by atoms with van der Waals surface area (Å²) in [4.78, 5) is 2.23. The highest BCUT2D eigenvalue weighted by Crippen LogP contribution is 2.32. The van der Waals surface area contributed by atoms with E-state index in [9.17, 15) is 0 Å². The van der Waals surface area contributed by atoms with E-state index in [2.05, 4.69) is 31.1 Å². The number of hydrogen-bond donors (Lipinski definition) is 0. The van der Waals surface area contributed by atoms with E-state index in [0.29, 0.717) is 0 Å². The Morgan fingerprint density at radius 3 is 2.39 bits per heavy atom. The lowest BCUT2D eigenvalue weighted by atomic mass is 10.0. The highest BCUT2D eigenvalue weighted by atomic mass is 35.5. The van der Waals surface area contributed by atoms with Gasteiger partial charge >= 0.3 is 0 Å². The Labute approximate surface area is 145 Å². The van der Waals surface area contributed by atoms with Gasteiger partial charge in [0.25, 0.3) is 0 Å². The van der Waals surface area contributed by atoms with Gasteiger partial charge in [-0.1, -0.05) is 54.8 Å². The summed E-state index contributed by atoms with van der Waals surface area (Å²) in [6.07, 6.45) is 4.81. The summed E-state index contributed by atoms with van der Waals surface area (Å²) >= 11 is 6.15. The van der Waals surface area contributed by atoms with Gasteiger partial charge in [-0.25, -0.2) is 0 Å². The second kappa shape index (κ2) is 9.59. The summed E-state index contributed by atoms with van der Waals surface area (Å²) in [6.45, 7) is 1.92. The molecule has 124 valence electrons. The Kier molecular flexibility index (Phi) is 7.44. The molecule has 0 aliphatic rings. The van der Waals surface area contributed by atoms with Crippen LogP contribution in [-0.4, -0.2) is 32.1 Å². The average Bonchev–Trinajstić information content (AvgIpc) is 2.55. The largest absolute Gasteiger partial charge is 0.493 e. The zero-order chi connectivity index (χ0) is 16.5. The van der Waals surface area contributed by atoms with Crippen LogP contribution in [0.3, 0.4) is 0 Å². The Balaban J connectivity index is 1.86. The fourth-order valence-corrected chi connectivity index (χ4v) is 2.71. The fourth-order valence-electron chi connectivity index (χ4n) is 2.54. The topological polar surface area (TPSA) is 12.5 Å². The maximum Gasteiger partial charge on any atom is 0.127 e. The molecule has 2 rings (SSSR count). The molecule has 3 heteroatoms. The Morgan fingerprint density at radius 1 is 0.913 bits per heavy atom. The minimum atomic E-state index is 0.736. The van der Waals surface area contributed by atoms with E-state index < -0.39 is 0 Å². The van der Waals surface area contributed by atoms with Gasteiger partial charge in [-0.05, 0) is 57.2 Å². The third-order valence-corrected chi connectivity index (χ3v) is 4.02. The summed E-state index contributed by atoms with van der Waals surface area (Å²) in [5, 5.41) is 0.736. The van der Waals surface area contributed by atoms with Crippen molar-refractivity contribution in [2.24, 2.45) is 0 Å². The molecular weight excluding hydrogens is 306 g/mol. The van der Waals surface area contributed by atoms with E-state index >= 15 is 0 Å². The van der Waals surface area contributed by atoms with Crippen LogP contribution in [0.4, 0.5) is 0 Å². The van der Waals surface area contributed by atoms with E-state index in [4.69, 9.17) is 16.3 Å². The summed E-state index contributed by atoms with van der Waals surface area (Å²) in [6, 6.07) is 16.1. The van der Waals surface area contributed by atoms with Crippen molar-refractivity contribution in [3.05, 3.63) is 53.6 Å². The molecule has 0 fully saturated rings. The smallest absolute Gasteiger partial charge is 0.127 e. The van der Waals surface area contributed by atoms with E-state index in [1.165, 1.54) is 19.3 Å². The van der Waals surface area contributed by atoms with Crippen molar-refractivity contribution in [1.29, 1.82) is 0 Å². The van der Waals surface area contributed by atoms with Crippen LogP contribution in [-0.2, 0) is 0 Å². The minimum absolute atomic E-state index is 0.736. The molecule has 0 unspecified atom stereocenters. The molecule has 23 heavy (non-hydrogen) atoms. The third-order valence-electron chi connectivity index (χ3n) is 3.78.